The number of likely N-dealkylation sites (tertiary alicyclic amines) is 1. The maximum atomic E-state index is 3.91. The summed E-state index contributed by atoms with van der Waals surface area (Å²) in [6.07, 6.45) is 9.24. The summed E-state index contributed by atoms with van der Waals surface area (Å²) in [6.45, 7) is 8.55. The molecule has 0 amide bonds. The highest BCUT2D eigenvalue weighted by Gasteiger charge is 2.28. The molecule has 3 heteroatoms. The Morgan fingerprint density at radius 3 is 2.50 bits per heavy atom. The zero-order valence-corrected chi connectivity index (χ0v) is 13.1. The molecule has 18 heavy (non-hydrogen) atoms. The van der Waals surface area contributed by atoms with Gasteiger partial charge in [0.2, 0.25) is 0 Å². The Bertz CT molecular complexity index is 239. The highest BCUT2D eigenvalue weighted by Crippen LogP contribution is 2.29. The third-order valence-corrected chi connectivity index (χ3v) is 6.10. The number of rotatable bonds is 5. The molecule has 2 aliphatic rings. The van der Waals surface area contributed by atoms with Crippen molar-refractivity contribution in [2.24, 2.45) is 5.92 Å². The lowest BCUT2D eigenvalue weighted by atomic mass is 9.90. The van der Waals surface area contributed by atoms with Crippen molar-refractivity contribution < 1.29 is 0 Å². The molecule has 1 heterocycles. The van der Waals surface area contributed by atoms with Gasteiger partial charge >= 0.3 is 0 Å². The van der Waals surface area contributed by atoms with Gasteiger partial charge in [-0.15, -0.1) is 0 Å². The summed E-state index contributed by atoms with van der Waals surface area (Å²) in [7, 11) is 0. The van der Waals surface area contributed by atoms with Gasteiger partial charge in [0, 0.05) is 17.3 Å². The topological polar surface area (TPSA) is 15.3 Å². The first kappa shape index (κ1) is 14.7. The average molecular weight is 270 g/mol. The first-order valence-corrected chi connectivity index (χ1v) is 9.03. The number of hydrogen-bond donors (Lipinski definition) is 1. The summed E-state index contributed by atoms with van der Waals surface area (Å²) >= 11 is 2.06. The van der Waals surface area contributed by atoms with Crippen molar-refractivity contribution in [3.8, 4) is 0 Å². The van der Waals surface area contributed by atoms with Gasteiger partial charge in [0.15, 0.2) is 0 Å². The fraction of sp³-hybridized carbons (Fsp3) is 1.00. The maximum absolute atomic E-state index is 3.91. The molecule has 0 bridgehead atoms. The van der Waals surface area contributed by atoms with Crippen LogP contribution in [-0.2, 0) is 0 Å². The van der Waals surface area contributed by atoms with Crippen molar-refractivity contribution in [3.05, 3.63) is 0 Å². The molecule has 0 radical (unpaired) electrons. The molecule has 2 fully saturated rings. The van der Waals surface area contributed by atoms with Crippen molar-refractivity contribution in [2.45, 2.75) is 63.3 Å². The molecule has 1 saturated carbocycles. The SMILES string of the molecule is CCN1CCC(C(C)NC2CCC(SC)C2)CC1. The van der Waals surface area contributed by atoms with Gasteiger partial charge in [-0.3, -0.25) is 0 Å². The highest BCUT2D eigenvalue weighted by atomic mass is 32.2. The van der Waals surface area contributed by atoms with Gasteiger partial charge in [-0.1, -0.05) is 6.92 Å². The van der Waals surface area contributed by atoms with Gasteiger partial charge in [0.05, 0.1) is 0 Å². The van der Waals surface area contributed by atoms with Crippen LogP contribution in [0.5, 0.6) is 0 Å². The summed E-state index contributed by atoms with van der Waals surface area (Å²) in [4.78, 5) is 2.59. The third-order valence-electron chi connectivity index (χ3n) is 5.00. The van der Waals surface area contributed by atoms with Crippen molar-refractivity contribution in [1.29, 1.82) is 0 Å². The highest BCUT2D eigenvalue weighted by molar-refractivity contribution is 7.99. The molecule has 0 aromatic rings. The normalized spacial score (nSPS) is 32.8. The second-order valence-corrected chi connectivity index (χ2v) is 7.23. The van der Waals surface area contributed by atoms with Crippen LogP contribution in [0.4, 0.5) is 0 Å². The van der Waals surface area contributed by atoms with Crippen LogP contribution in [0.25, 0.3) is 0 Å². The van der Waals surface area contributed by atoms with Gasteiger partial charge in [-0.25, -0.2) is 0 Å². The van der Waals surface area contributed by atoms with Gasteiger partial charge in [-0.05, 0) is 70.8 Å². The van der Waals surface area contributed by atoms with Crippen LogP contribution in [0.2, 0.25) is 0 Å². The smallest absolute Gasteiger partial charge is 0.00805 e. The second kappa shape index (κ2) is 7.16. The molecular formula is C15H30N2S. The molecule has 2 nitrogen and oxygen atoms in total. The summed E-state index contributed by atoms with van der Waals surface area (Å²) in [5.41, 5.74) is 0. The Morgan fingerprint density at radius 1 is 1.22 bits per heavy atom. The van der Waals surface area contributed by atoms with E-state index in [1.807, 2.05) is 0 Å². The monoisotopic (exact) mass is 270 g/mol. The van der Waals surface area contributed by atoms with Gasteiger partial charge < -0.3 is 10.2 Å². The lowest BCUT2D eigenvalue weighted by molar-refractivity contribution is 0.164. The van der Waals surface area contributed by atoms with E-state index in [0.717, 1.165) is 23.3 Å². The first-order chi connectivity index (χ1) is 8.72. The van der Waals surface area contributed by atoms with E-state index >= 15 is 0 Å². The molecule has 1 saturated heterocycles. The first-order valence-electron chi connectivity index (χ1n) is 7.74. The zero-order chi connectivity index (χ0) is 13.0. The minimum absolute atomic E-state index is 0.717. The molecule has 0 aromatic carbocycles. The fourth-order valence-electron chi connectivity index (χ4n) is 3.58. The van der Waals surface area contributed by atoms with E-state index in [-0.39, 0.29) is 0 Å². The predicted molar refractivity (Wildman–Crippen MR) is 82.4 cm³/mol. The van der Waals surface area contributed by atoms with Crippen molar-refractivity contribution in [2.75, 3.05) is 25.9 Å². The van der Waals surface area contributed by atoms with Crippen LogP contribution in [0, 0.1) is 5.92 Å². The van der Waals surface area contributed by atoms with Crippen LogP contribution >= 0.6 is 11.8 Å². The largest absolute Gasteiger partial charge is 0.311 e. The molecule has 0 spiro atoms. The summed E-state index contributed by atoms with van der Waals surface area (Å²) < 4.78 is 0. The molecule has 1 N–H and O–H groups in total. The van der Waals surface area contributed by atoms with Crippen molar-refractivity contribution in [3.63, 3.8) is 0 Å². The number of piperidine rings is 1. The van der Waals surface area contributed by atoms with Gasteiger partial charge in [0.25, 0.3) is 0 Å². The number of nitrogens with zero attached hydrogens (tertiary/aromatic N) is 1. The molecular weight excluding hydrogens is 240 g/mol. The molecule has 2 rings (SSSR count). The number of hydrogen-bond acceptors (Lipinski definition) is 3. The van der Waals surface area contributed by atoms with Crippen molar-refractivity contribution in [1.82, 2.24) is 10.2 Å². The Morgan fingerprint density at radius 2 is 1.94 bits per heavy atom. The standard InChI is InChI=1S/C15H30N2S/c1-4-17-9-7-13(8-10-17)12(2)16-14-5-6-15(11-14)18-3/h12-16H,4-11H2,1-3H3. The van der Waals surface area contributed by atoms with Crippen LogP contribution < -0.4 is 5.32 Å². The van der Waals surface area contributed by atoms with E-state index in [1.54, 1.807) is 0 Å². The molecule has 3 atom stereocenters. The van der Waals surface area contributed by atoms with E-state index < -0.39 is 0 Å². The minimum atomic E-state index is 0.717. The number of thioether (sulfide) groups is 1. The van der Waals surface area contributed by atoms with E-state index in [4.69, 9.17) is 0 Å². The van der Waals surface area contributed by atoms with Crippen LogP contribution in [0.15, 0.2) is 0 Å². The Balaban J connectivity index is 1.70. The number of nitrogens with one attached hydrogen (secondary N) is 1. The minimum Gasteiger partial charge on any atom is -0.311 e. The zero-order valence-electron chi connectivity index (χ0n) is 12.3. The molecule has 3 unspecified atom stereocenters. The van der Waals surface area contributed by atoms with E-state index in [0.29, 0.717) is 0 Å². The molecule has 106 valence electrons. The summed E-state index contributed by atoms with van der Waals surface area (Å²) in [5, 5.41) is 4.83. The summed E-state index contributed by atoms with van der Waals surface area (Å²) in [6, 6.07) is 1.51. The third kappa shape index (κ3) is 3.88. The lowest BCUT2D eigenvalue weighted by Gasteiger charge is -2.35. The van der Waals surface area contributed by atoms with Crippen molar-refractivity contribution >= 4 is 11.8 Å². The molecule has 0 aromatic heterocycles. The average Bonchev–Trinajstić information content (AvgIpc) is 2.86. The van der Waals surface area contributed by atoms with Gasteiger partial charge in [-0.2, -0.15) is 11.8 Å². The molecule has 1 aliphatic heterocycles. The van der Waals surface area contributed by atoms with Crippen LogP contribution in [-0.4, -0.2) is 48.1 Å². The lowest BCUT2D eigenvalue weighted by Crippen LogP contribution is -2.44. The predicted octanol–water partition coefficient (Wildman–Crippen LogP) is 2.98. The van der Waals surface area contributed by atoms with Crippen LogP contribution in [0.1, 0.15) is 46.0 Å². The quantitative estimate of drug-likeness (QED) is 0.827. The maximum Gasteiger partial charge on any atom is 0.00805 e. The van der Waals surface area contributed by atoms with Gasteiger partial charge in [0.1, 0.15) is 0 Å². The van der Waals surface area contributed by atoms with E-state index in [2.05, 4.69) is 42.1 Å². The fourth-order valence-corrected chi connectivity index (χ4v) is 4.38. The summed E-state index contributed by atoms with van der Waals surface area (Å²) in [5.74, 6) is 0.904. The Labute approximate surface area is 117 Å². The Hall–Kier alpha value is 0.270. The van der Waals surface area contributed by atoms with E-state index in [1.165, 1.54) is 51.7 Å². The molecule has 1 aliphatic carbocycles. The second-order valence-electron chi connectivity index (χ2n) is 6.09. The van der Waals surface area contributed by atoms with Crippen LogP contribution in [0.3, 0.4) is 0 Å². The Kier molecular flexibility index (Phi) is 5.84. The van der Waals surface area contributed by atoms with E-state index in [9.17, 15) is 0 Å².